The molecular formula is C12H15NO2. The van der Waals surface area contributed by atoms with Gasteiger partial charge in [0.2, 0.25) is 0 Å². The smallest absolute Gasteiger partial charge is 0.408 e. The Labute approximate surface area is 88.3 Å². The summed E-state index contributed by atoms with van der Waals surface area (Å²) >= 11 is 0. The van der Waals surface area contributed by atoms with Gasteiger partial charge in [0.25, 0.3) is 0 Å². The minimum Gasteiger partial charge on any atom is -0.408 e. The number of aromatic nitrogens is 1. The van der Waals surface area contributed by atoms with Crippen molar-refractivity contribution in [3.05, 3.63) is 34.8 Å². The molecule has 0 unspecified atom stereocenters. The number of oxazole rings is 1. The van der Waals surface area contributed by atoms with Crippen molar-refractivity contribution in [2.75, 3.05) is 0 Å². The molecule has 0 aliphatic carbocycles. The third-order valence-electron chi connectivity index (χ3n) is 2.96. The van der Waals surface area contributed by atoms with E-state index in [1.54, 1.807) is 4.57 Å². The van der Waals surface area contributed by atoms with Crippen molar-refractivity contribution in [1.82, 2.24) is 4.57 Å². The lowest BCUT2D eigenvalue weighted by Crippen LogP contribution is -2.32. The molecule has 1 aromatic carbocycles. The first-order chi connectivity index (χ1) is 7.06. The van der Waals surface area contributed by atoms with E-state index in [0.29, 0.717) is 5.58 Å². The lowest BCUT2D eigenvalue weighted by molar-refractivity contribution is 0.319. The maximum absolute atomic E-state index is 11.7. The van der Waals surface area contributed by atoms with Crippen LogP contribution in [0.4, 0.5) is 0 Å². The normalized spacial score (nSPS) is 12.2. The van der Waals surface area contributed by atoms with Gasteiger partial charge in [-0.25, -0.2) is 4.79 Å². The molecule has 3 heteroatoms. The Morgan fingerprint density at radius 3 is 2.67 bits per heavy atom. The minimum atomic E-state index is -0.275. The van der Waals surface area contributed by atoms with E-state index < -0.39 is 0 Å². The van der Waals surface area contributed by atoms with Gasteiger partial charge in [0.05, 0.1) is 5.52 Å². The molecule has 1 heterocycles. The van der Waals surface area contributed by atoms with Gasteiger partial charge >= 0.3 is 5.76 Å². The molecule has 2 aromatic rings. The van der Waals surface area contributed by atoms with Gasteiger partial charge in [-0.3, -0.25) is 4.57 Å². The van der Waals surface area contributed by atoms with Crippen LogP contribution < -0.4 is 5.76 Å². The lowest BCUT2D eigenvalue weighted by Gasteiger charge is -2.23. The van der Waals surface area contributed by atoms with E-state index in [2.05, 4.69) is 6.92 Å². The number of benzene rings is 1. The van der Waals surface area contributed by atoms with Crippen LogP contribution in [0.3, 0.4) is 0 Å². The van der Waals surface area contributed by atoms with Gasteiger partial charge in [-0.05, 0) is 32.4 Å². The first-order valence-corrected chi connectivity index (χ1v) is 5.17. The van der Waals surface area contributed by atoms with E-state index in [1.807, 2.05) is 38.1 Å². The summed E-state index contributed by atoms with van der Waals surface area (Å²) in [5.41, 5.74) is 1.32. The zero-order valence-corrected chi connectivity index (χ0v) is 9.28. The molecule has 2 rings (SSSR count). The molecule has 0 saturated heterocycles. The standard InChI is InChI=1S/C12H15NO2/c1-4-12(2,3)13-9-7-5-6-8-10(9)15-11(13)14/h5-8H,4H2,1-3H3. The highest BCUT2D eigenvalue weighted by Crippen LogP contribution is 2.23. The molecule has 80 valence electrons. The van der Waals surface area contributed by atoms with E-state index in [-0.39, 0.29) is 11.3 Å². The van der Waals surface area contributed by atoms with Crippen LogP contribution >= 0.6 is 0 Å². The molecule has 0 aliphatic heterocycles. The molecule has 0 aliphatic rings. The first-order valence-electron chi connectivity index (χ1n) is 5.17. The van der Waals surface area contributed by atoms with Crippen LogP contribution in [0.25, 0.3) is 11.1 Å². The molecule has 3 nitrogen and oxygen atoms in total. The molecule has 1 aromatic heterocycles. The van der Waals surface area contributed by atoms with Crippen molar-refractivity contribution in [2.45, 2.75) is 32.7 Å². The number of para-hydroxylation sites is 2. The van der Waals surface area contributed by atoms with E-state index in [1.165, 1.54) is 0 Å². The Kier molecular flexibility index (Phi) is 2.18. The molecule has 0 fully saturated rings. The van der Waals surface area contributed by atoms with E-state index >= 15 is 0 Å². The van der Waals surface area contributed by atoms with Crippen molar-refractivity contribution in [2.24, 2.45) is 0 Å². The fourth-order valence-corrected chi connectivity index (χ4v) is 1.70. The Morgan fingerprint density at radius 2 is 2.00 bits per heavy atom. The SMILES string of the molecule is CCC(C)(C)n1c(=O)oc2ccccc21. The van der Waals surface area contributed by atoms with Gasteiger partial charge < -0.3 is 4.42 Å². The average Bonchev–Trinajstić information content (AvgIpc) is 2.54. The number of hydrogen-bond acceptors (Lipinski definition) is 2. The summed E-state index contributed by atoms with van der Waals surface area (Å²) in [5.74, 6) is -0.275. The van der Waals surface area contributed by atoms with Gasteiger partial charge in [-0.15, -0.1) is 0 Å². The molecule has 0 saturated carbocycles. The monoisotopic (exact) mass is 205 g/mol. The van der Waals surface area contributed by atoms with Crippen LogP contribution in [0, 0.1) is 0 Å². The average molecular weight is 205 g/mol. The molecule has 0 spiro atoms. The molecule has 0 atom stereocenters. The summed E-state index contributed by atoms with van der Waals surface area (Å²) in [5, 5.41) is 0. The second-order valence-corrected chi connectivity index (χ2v) is 4.34. The highest BCUT2D eigenvalue weighted by Gasteiger charge is 2.23. The fourth-order valence-electron chi connectivity index (χ4n) is 1.70. The largest absolute Gasteiger partial charge is 0.420 e. The predicted octanol–water partition coefficient (Wildman–Crippen LogP) is 2.74. The summed E-state index contributed by atoms with van der Waals surface area (Å²) in [7, 11) is 0. The topological polar surface area (TPSA) is 35.1 Å². The summed E-state index contributed by atoms with van der Waals surface area (Å²) in [6.45, 7) is 6.14. The van der Waals surface area contributed by atoms with E-state index in [4.69, 9.17) is 4.42 Å². The van der Waals surface area contributed by atoms with Crippen LogP contribution in [-0.2, 0) is 5.54 Å². The van der Waals surface area contributed by atoms with Gasteiger partial charge in [0.1, 0.15) is 0 Å². The third kappa shape index (κ3) is 1.48. The first kappa shape index (κ1) is 10.0. The molecule has 15 heavy (non-hydrogen) atoms. The summed E-state index contributed by atoms with van der Waals surface area (Å²) in [6.07, 6.45) is 0.885. The zero-order valence-electron chi connectivity index (χ0n) is 9.28. The van der Waals surface area contributed by atoms with Gasteiger partial charge in [-0.1, -0.05) is 19.1 Å². The minimum absolute atomic E-state index is 0.205. The summed E-state index contributed by atoms with van der Waals surface area (Å²) < 4.78 is 6.92. The van der Waals surface area contributed by atoms with Crippen LogP contribution in [-0.4, -0.2) is 4.57 Å². The molecule has 0 bridgehead atoms. The van der Waals surface area contributed by atoms with E-state index in [0.717, 1.165) is 11.9 Å². The van der Waals surface area contributed by atoms with Crippen molar-refractivity contribution in [1.29, 1.82) is 0 Å². The fraction of sp³-hybridized carbons (Fsp3) is 0.417. The lowest BCUT2D eigenvalue weighted by atomic mass is 10.0. The van der Waals surface area contributed by atoms with Gasteiger partial charge in [0.15, 0.2) is 5.58 Å². The molecule has 0 N–H and O–H groups in total. The Hall–Kier alpha value is -1.51. The molecular weight excluding hydrogens is 190 g/mol. The van der Waals surface area contributed by atoms with Crippen molar-refractivity contribution in [3.8, 4) is 0 Å². The number of nitrogens with zero attached hydrogens (tertiary/aromatic N) is 1. The van der Waals surface area contributed by atoms with E-state index in [9.17, 15) is 4.79 Å². The highest BCUT2D eigenvalue weighted by atomic mass is 16.4. The second-order valence-electron chi connectivity index (χ2n) is 4.34. The maximum Gasteiger partial charge on any atom is 0.420 e. The van der Waals surface area contributed by atoms with Gasteiger partial charge in [0, 0.05) is 5.54 Å². The van der Waals surface area contributed by atoms with Crippen LogP contribution in [0.5, 0.6) is 0 Å². The molecule has 0 radical (unpaired) electrons. The van der Waals surface area contributed by atoms with Gasteiger partial charge in [-0.2, -0.15) is 0 Å². The van der Waals surface area contributed by atoms with Crippen molar-refractivity contribution < 1.29 is 4.42 Å². The third-order valence-corrected chi connectivity index (χ3v) is 2.96. The van der Waals surface area contributed by atoms with Crippen LogP contribution in [0.2, 0.25) is 0 Å². The number of rotatable bonds is 2. The maximum atomic E-state index is 11.7. The zero-order chi connectivity index (χ0) is 11.1. The number of fused-ring (bicyclic) bond motifs is 1. The quantitative estimate of drug-likeness (QED) is 0.755. The van der Waals surface area contributed by atoms with Crippen molar-refractivity contribution in [3.63, 3.8) is 0 Å². The van der Waals surface area contributed by atoms with Crippen LogP contribution in [0.15, 0.2) is 33.5 Å². The van der Waals surface area contributed by atoms with Crippen LogP contribution in [0.1, 0.15) is 27.2 Å². The van der Waals surface area contributed by atoms with Crippen molar-refractivity contribution >= 4 is 11.1 Å². The predicted molar refractivity (Wildman–Crippen MR) is 60.1 cm³/mol. The highest BCUT2D eigenvalue weighted by molar-refractivity contribution is 5.72. The second kappa shape index (κ2) is 3.26. The summed E-state index contributed by atoms with van der Waals surface area (Å²) in [6, 6.07) is 7.52. The Bertz CT molecular complexity index is 534. The molecule has 0 amide bonds. The Balaban J connectivity index is 2.80. The Morgan fingerprint density at radius 1 is 1.33 bits per heavy atom. The number of hydrogen-bond donors (Lipinski definition) is 0. The summed E-state index contributed by atoms with van der Waals surface area (Å²) in [4.78, 5) is 11.7.